The van der Waals surface area contributed by atoms with Crippen LogP contribution in [0.5, 0.6) is 0 Å². The van der Waals surface area contributed by atoms with E-state index in [0.717, 1.165) is 23.7 Å². The summed E-state index contributed by atoms with van der Waals surface area (Å²) in [5, 5.41) is 3.89. The van der Waals surface area contributed by atoms with Gasteiger partial charge in [-0.15, -0.1) is 0 Å². The number of piperazine rings is 1. The van der Waals surface area contributed by atoms with Crippen LogP contribution in [0.2, 0.25) is 0 Å². The van der Waals surface area contributed by atoms with E-state index in [1.807, 2.05) is 0 Å². The Morgan fingerprint density at radius 3 is 2.45 bits per heavy atom. The van der Waals surface area contributed by atoms with E-state index in [2.05, 4.69) is 31.0 Å². The fraction of sp³-hybridized carbons (Fsp3) is 1.00. The van der Waals surface area contributed by atoms with Crippen molar-refractivity contribution in [3.05, 3.63) is 0 Å². The molecule has 3 saturated carbocycles. The van der Waals surface area contributed by atoms with E-state index in [-0.39, 0.29) is 0 Å². The third-order valence-corrected chi connectivity index (χ3v) is 7.12. The second kappa shape index (κ2) is 4.46. The number of hydrogen-bond donors (Lipinski definition) is 1. The number of hydrogen-bond acceptors (Lipinski definition) is 2. The molecular formula is C18H32N2. The van der Waals surface area contributed by atoms with Crippen molar-refractivity contribution in [2.24, 2.45) is 23.7 Å². The molecule has 1 N–H and O–H groups in total. The van der Waals surface area contributed by atoms with E-state index < -0.39 is 0 Å². The lowest BCUT2D eigenvalue weighted by Gasteiger charge is -2.52. The molecule has 20 heavy (non-hydrogen) atoms. The van der Waals surface area contributed by atoms with Crippen LogP contribution >= 0.6 is 0 Å². The normalized spacial score (nSPS) is 47.9. The van der Waals surface area contributed by atoms with E-state index in [4.69, 9.17) is 0 Å². The summed E-state index contributed by atoms with van der Waals surface area (Å²) in [5.74, 6) is 4.11. The Labute approximate surface area is 124 Å². The van der Waals surface area contributed by atoms with Crippen molar-refractivity contribution < 1.29 is 0 Å². The lowest BCUT2D eigenvalue weighted by molar-refractivity contribution is 0.00619. The molecule has 0 amide bonds. The van der Waals surface area contributed by atoms with Crippen molar-refractivity contribution in [2.45, 2.75) is 70.4 Å². The summed E-state index contributed by atoms with van der Waals surface area (Å²) in [6.45, 7) is 11.2. The zero-order valence-electron chi connectivity index (χ0n) is 13.6. The van der Waals surface area contributed by atoms with Crippen LogP contribution in [0.3, 0.4) is 0 Å². The first kappa shape index (κ1) is 13.6. The van der Waals surface area contributed by atoms with Gasteiger partial charge in [-0.05, 0) is 76.5 Å². The highest BCUT2D eigenvalue weighted by atomic mass is 15.3. The maximum Gasteiger partial charge on any atom is 0.0309 e. The molecule has 0 spiro atoms. The Balaban J connectivity index is 1.46. The number of fused-ring (bicyclic) bond motifs is 2. The van der Waals surface area contributed by atoms with Crippen LogP contribution in [0.1, 0.15) is 59.3 Å². The van der Waals surface area contributed by atoms with Crippen LogP contribution in [0.4, 0.5) is 0 Å². The van der Waals surface area contributed by atoms with Crippen LogP contribution < -0.4 is 5.32 Å². The minimum Gasteiger partial charge on any atom is -0.308 e. The second-order valence-electron chi connectivity index (χ2n) is 9.17. The van der Waals surface area contributed by atoms with Gasteiger partial charge in [-0.2, -0.15) is 0 Å². The molecule has 114 valence electrons. The van der Waals surface area contributed by atoms with E-state index in [1.165, 1.54) is 51.7 Å². The first-order valence-electron chi connectivity index (χ1n) is 8.96. The molecular weight excluding hydrogens is 244 g/mol. The molecule has 1 heterocycles. The van der Waals surface area contributed by atoms with Gasteiger partial charge < -0.3 is 5.32 Å². The third-order valence-electron chi connectivity index (χ3n) is 7.12. The summed E-state index contributed by atoms with van der Waals surface area (Å²) in [5.41, 5.74) is 0.739. The van der Waals surface area contributed by atoms with Crippen molar-refractivity contribution in [3.63, 3.8) is 0 Å². The molecule has 2 nitrogen and oxygen atoms in total. The third kappa shape index (κ3) is 2.23. The second-order valence-corrected chi connectivity index (χ2v) is 9.17. The minimum absolute atomic E-state index is 0.343. The summed E-state index contributed by atoms with van der Waals surface area (Å²) < 4.78 is 0. The lowest BCUT2D eigenvalue weighted by atomic mass is 9.83. The van der Waals surface area contributed by atoms with Gasteiger partial charge in [-0.25, -0.2) is 0 Å². The fourth-order valence-corrected chi connectivity index (χ4v) is 5.39. The predicted molar refractivity (Wildman–Crippen MR) is 83.7 cm³/mol. The molecule has 2 heteroatoms. The van der Waals surface area contributed by atoms with E-state index in [1.54, 1.807) is 6.42 Å². The fourth-order valence-electron chi connectivity index (χ4n) is 5.39. The molecule has 1 aliphatic heterocycles. The molecule has 0 aromatic rings. The predicted octanol–water partition coefficient (Wildman–Crippen LogP) is 3.28. The quantitative estimate of drug-likeness (QED) is 0.851. The first-order valence-corrected chi connectivity index (χ1v) is 8.96. The number of rotatable bonds is 3. The summed E-state index contributed by atoms with van der Waals surface area (Å²) in [6, 6.07) is 0. The summed E-state index contributed by atoms with van der Waals surface area (Å²) in [4.78, 5) is 2.85. The maximum atomic E-state index is 3.89. The lowest BCUT2D eigenvalue weighted by Crippen LogP contribution is -2.68. The van der Waals surface area contributed by atoms with E-state index >= 15 is 0 Å². The van der Waals surface area contributed by atoms with E-state index in [9.17, 15) is 0 Å². The van der Waals surface area contributed by atoms with Crippen molar-refractivity contribution in [2.75, 3.05) is 19.6 Å². The Hall–Kier alpha value is -0.0800. The molecule has 0 radical (unpaired) electrons. The summed E-state index contributed by atoms with van der Waals surface area (Å²) >= 11 is 0. The largest absolute Gasteiger partial charge is 0.308 e. The summed E-state index contributed by atoms with van der Waals surface area (Å²) in [7, 11) is 0. The molecule has 0 aromatic heterocycles. The monoisotopic (exact) mass is 276 g/mol. The molecule has 4 rings (SSSR count). The highest BCUT2D eigenvalue weighted by Gasteiger charge is 2.49. The topological polar surface area (TPSA) is 15.3 Å². The van der Waals surface area contributed by atoms with Gasteiger partial charge in [0.15, 0.2) is 0 Å². The van der Waals surface area contributed by atoms with Crippen LogP contribution in [-0.4, -0.2) is 35.6 Å². The average molecular weight is 276 g/mol. The molecule has 4 atom stereocenters. The van der Waals surface area contributed by atoms with Crippen molar-refractivity contribution in [3.8, 4) is 0 Å². The highest BCUT2D eigenvalue weighted by Crippen LogP contribution is 2.49. The van der Waals surface area contributed by atoms with E-state index in [0.29, 0.717) is 11.1 Å². The SMILES string of the molecule is CC1(C2CC2)CN(CC2CC3CCC2C3)C(C)(C)CN1. The van der Waals surface area contributed by atoms with Crippen LogP contribution in [0.15, 0.2) is 0 Å². The maximum absolute atomic E-state index is 3.89. The Morgan fingerprint density at radius 1 is 1.05 bits per heavy atom. The Kier molecular flexibility index (Phi) is 3.03. The molecule has 4 aliphatic rings. The first-order chi connectivity index (χ1) is 9.46. The molecule has 1 saturated heterocycles. The molecule has 3 aliphatic carbocycles. The van der Waals surface area contributed by atoms with Crippen LogP contribution in [-0.2, 0) is 0 Å². The average Bonchev–Trinajstić information content (AvgIpc) is 3.07. The van der Waals surface area contributed by atoms with Gasteiger partial charge in [-0.3, -0.25) is 4.90 Å². The Morgan fingerprint density at radius 2 is 1.85 bits per heavy atom. The number of nitrogens with zero attached hydrogens (tertiary/aromatic N) is 1. The molecule has 4 fully saturated rings. The molecule has 0 aromatic carbocycles. The van der Waals surface area contributed by atoms with Crippen LogP contribution in [0, 0.1) is 23.7 Å². The molecule has 4 unspecified atom stereocenters. The highest BCUT2D eigenvalue weighted by molar-refractivity contribution is 5.07. The van der Waals surface area contributed by atoms with Gasteiger partial charge in [-0.1, -0.05) is 6.42 Å². The van der Waals surface area contributed by atoms with Gasteiger partial charge in [0, 0.05) is 30.7 Å². The van der Waals surface area contributed by atoms with Crippen molar-refractivity contribution in [1.29, 1.82) is 0 Å². The van der Waals surface area contributed by atoms with Crippen LogP contribution in [0.25, 0.3) is 0 Å². The zero-order chi connectivity index (χ0) is 14.0. The van der Waals surface area contributed by atoms with Crippen molar-refractivity contribution >= 4 is 0 Å². The smallest absolute Gasteiger partial charge is 0.0309 e. The van der Waals surface area contributed by atoms with Gasteiger partial charge in [0.2, 0.25) is 0 Å². The molecule has 2 bridgehead atoms. The number of nitrogens with one attached hydrogen (secondary N) is 1. The summed E-state index contributed by atoms with van der Waals surface area (Å²) in [6.07, 6.45) is 9.05. The van der Waals surface area contributed by atoms with Gasteiger partial charge >= 0.3 is 0 Å². The Bertz CT molecular complexity index is 387. The zero-order valence-corrected chi connectivity index (χ0v) is 13.6. The van der Waals surface area contributed by atoms with Crippen molar-refractivity contribution in [1.82, 2.24) is 10.2 Å². The standard InChI is InChI=1S/C18H32N2/c1-17(2)11-19-18(3,16-6-7-16)12-20(17)10-15-9-13-4-5-14(15)8-13/h13-16,19H,4-12H2,1-3H3. The minimum atomic E-state index is 0.343. The van der Waals surface area contributed by atoms with Gasteiger partial charge in [0.1, 0.15) is 0 Å². The van der Waals surface area contributed by atoms with Gasteiger partial charge in [0.05, 0.1) is 0 Å². The van der Waals surface area contributed by atoms with Gasteiger partial charge in [0.25, 0.3) is 0 Å².